The highest BCUT2D eigenvalue weighted by atomic mass is 16.3. The van der Waals surface area contributed by atoms with Crippen LogP contribution in [0.25, 0.3) is 0 Å². The van der Waals surface area contributed by atoms with Crippen molar-refractivity contribution in [1.82, 2.24) is 4.90 Å². The van der Waals surface area contributed by atoms with Crippen molar-refractivity contribution in [1.29, 1.82) is 0 Å². The Morgan fingerprint density at radius 3 is 2.15 bits per heavy atom. The first kappa shape index (κ1) is 12.9. The average Bonchev–Trinajstić information content (AvgIpc) is 2.02. The summed E-state index contributed by atoms with van der Waals surface area (Å²) in [6, 6.07) is 0.548. The van der Waals surface area contributed by atoms with Crippen molar-refractivity contribution in [2.45, 2.75) is 59.1 Å². The topological polar surface area (TPSA) is 23.5 Å². The van der Waals surface area contributed by atoms with Gasteiger partial charge in [0, 0.05) is 12.6 Å². The average molecular weight is 187 g/mol. The molecule has 0 saturated heterocycles. The van der Waals surface area contributed by atoms with Gasteiger partial charge in [-0.15, -0.1) is 0 Å². The Balaban J connectivity index is 3.67. The number of nitrogens with zero attached hydrogens (tertiary/aromatic N) is 1. The molecule has 0 aromatic heterocycles. The third-order valence-electron chi connectivity index (χ3n) is 2.28. The molecular formula is C11H25NO. The summed E-state index contributed by atoms with van der Waals surface area (Å²) in [5.74, 6) is 0. The molecule has 2 heteroatoms. The summed E-state index contributed by atoms with van der Waals surface area (Å²) >= 11 is 0. The summed E-state index contributed by atoms with van der Waals surface area (Å²) in [5.41, 5.74) is 0. The van der Waals surface area contributed by atoms with Crippen LogP contribution >= 0.6 is 0 Å². The minimum atomic E-state index is -0.205. The molecule has 13 heavy (non-hydrogen) atoms. The highest BCUT2D eigenvalue weighted by molar-refractivity contribution is 4.65. The number of rotatable bonds is 7. The van der Waals surface area contributed by atoms with Gasteiger partial charge in [-0.3, -0.25) is 4.90 Å². The predicted molar refractivity (Wildman–Crippen MR) is 57.9 cm³/mol. The minimum absolute atomic E-state index is 0.205. The van der Waals surface area contributed by atoms with Gasteiger partial charge in [-0.25, -0.2) is 0 Å². The van der Waals surface area contributed by atoms with Gasteiger partial charge in [-0.2, -0.15) is 0 Å². The highest BCUT2D eigenvalue weighted by Gasteiger charge is 2.10. The summed E-state index contributed by atoms with van der Waals surface area (Å²) in [5, 5.41) is 9.29. The van der Waals surface area contributed by atoms with Gasteiger partial charge in [0.05, 0.1) is 6.10 Å². The number of hydrogen-bond donors (Lipinski definition) is 1. The lowest BCUT2D eigenvalue weighted by Crippen LogP contribution is -2.37. The Hall–Kier alpha value is -0.0800. The molecule has 0 radical (unpaired) electrons. The Bertz CT molecular complexity index is 113. The van der Waals surface area contributed by atoms with Crippen molar-refractivity contribution in [3.05, 3.63) is 0 Å². The van der Waals surface area contributed by atoms with Crippen LogP contribution < -0.4 is 0 Å². The SMILES string of the molecule is CCCCCN(C[C@H](C)O)C(C)C. The van der Waals surface area contributed by atoms with E-state index >= 15 is 0 Å². The van der Waals surface area contributed by atoms with Crippen molar-refractivity contribution >= 4 is 0 Å². The van der Waals surface area contributed by atoms with Crippen LogP contribution in [0, 0.1) is 0 Å². The molecule has 0 bridgehead atoms. The van der Waals surface area contributed by atoms with Gasteiger partial charge in [0.25, 0.3) is 0 Å². The Morgan fingerprint density at radius 1 is 1.15 bits per heavy atom. The molecule has 0 spiro atoms. The second kappa shape index (κ2) is 7.34. The maximum Gasteiger partial charge on any atom is 0.0639 e. The summed E-state index contributed by atoms with van der Waals surface area (Å²) in [6.45, 7) is 10.4. The molecule has 1 N–H and O–H groups in total. The summed E-state index contributed by atoms with van der Waals surface area (Å²) in [6.07, 6.45) is 3.61. The zero-order valence-corrected chi connectivity index (χ0v) is 9.58. The van der Waals surface area contributed by atoms with Gasteiger partial charge < -0.3 is 5.11 Å². The smallest absolute Gasteiger partial charge is 0.0639 e. The normalized spacial score (nSPS) is 14.1. The van der Waals surface area contributed by atoms with Crippen molar-refractivity contribution in [3.63, 3.8) is 0 Å². The Morgan fingerprint density at radius 2 is 1.77 bits per heavy atom. The van der Waals surface area contributed by atoms with Crippen LogP contribution in [0.4, 0.5) is 0 Å². The second-order valence-corrected chi connectivity index (χ2v) is 4.14. The second-order valence-electron chi connectivity index (χ2n) is 4.14. The molecule has 0 fully saturated rings. The summed E-state index contributed by atoms with van der Waals surface area (Å²) in [4.78, 5) is 2.35. The monoisotopic (exact) mass is 187 g/mol. The summed E-state index contributed by atoms with van der Waals surface area (Å²) < 4.78 is 0. The zero-order valence-electron chi connectivity index (χ0n) is 9.58. The summed E-state index contributed by atoms with van der Waals surface area (Å²) in [7, 11) is 0. The minimum Gasteiger partial charge on any atom is -0.392 e. The Labute approximate surface area is 82.9 Å². The van der Waals surface area contributed by atoms with E-state index in [2.05, 4.69) is 25.7 Å². The molecule has 0 aromatic rings. The maximum absolute atomic E-state index is 9.29. The van der Waals surface area contributed by atoms with Crippen LogP contribution in [0.15, 0.2) is 0 Å². The van der Waals surface area contributed by atoms with Crippen LogP contribution in [0.1, 0.15) is 47.0 Å². The number of hydrogen-bond acceptors (Lipinski definition) is 2. The van der Waals surface area contributed by atoms with Crippen molar-refractivity contribution in [2.24, 2.45) is 0 Å². The number of unbranched alkanes of at least 4 members (excludes halogenated alkanes) is 2. The number of aliphatic hydroxyl groups is 1. The van der Waals surface area contributed by atoms with Gasteiger partial charge in [-0.05, 0) is 33.7 Å². The molecule has 0 saturated carbocycles. The lowest BCUT2D eigenvalue weighted by molar-refractivity contribution is 0.106. The van der Waals surface area contributed by atoms with E-state index in [1.54, 1.807) is 0 Å². The van der Waals surface area contributed by atoms with Gasteiger partial charge in [0.2, 0.25) is 0 Å². The molecule has 0 aliphatic heterocycles. The Kier molecular flexibility index (Phi) is 7.29. The van der Waals surface area contributed by atoms with Crippen LogP contribution in [0.3, 0.4) is 0 Å². The first-order valence-corrected chi connectivity index (χ1v) is 5.50. The molecular weight excluding hydrogens is 162 g/mol. The van der Waals surface area contributed by atoms with Gasteiger partial charge in [0.15, 0.2) is 0 Å². The fourth-order valence-corrected chi connectivity index (χ4v) is 1.46. The van der Waals surface area contributed by atoms with E-state index in [0.29, 0.717) is 6.04 Å². The lowest BCUT2D eigenvalue weighted by atomic mass is 10.2. The molecule has 0 rings (SSSR count). The standard InChI is InChI=1S/C11H25NO/c1-5-6-7-8-12(10(2)3)9-11(4)13/h10-11,13H,5-9H2,1-4H3/t11-/m0/s1. The van der Waals surface area contributed by atoms with Crippen molar-refractivity contribution in [3.8, 4) is 0 Å². The third-order valence-corrected chi connectivity index (χ3v) is 2.28. The molecule has 0 aromatic carbocycles. The first-order valence-electron chi connectivity index (χ1n) is 5.50. The largest absolute Gasteiger partial charge is 0.392 e. The van der Waals surface area contributed by atoms with Crippen LogP contribution in [-0.2, 0) is 0 Å². The van der Waals surface area contributed by atoms with Crippen LogP contribution in [-0.4, -0.2) is 35.2 Å². The van der Waals surface area contributed by atoms with E-state index in [1.165, 1.54) is 19.3 Å². The molecule has 0 heterocycles. The van der Waals surface area contributed by atoms with E-state index < -0.39 is 0 Å². The molecule has 0 unspecified atom stereocenters. The van der Waals surface area contributed by atoms with E-state index in [9.17, 15) is 5.11 Å². The third kappa shape index (κ3) is 7.03. The van der Waals surface area contributed by atoms with Crippen LogP contribution in [0.2, 0.25) is 0 Å². The molecule has 1 atom stereocenters. The molecule has 0 aliphatic rings. The van der Waals surface area contributed by atoms with Gasteiger partial charge >= 0.3 is 0 Å². The molecule has 2 nitrogen and oxygen atoms in total. The molecule has 0 aliphatic carbocycles. The van der Waals surface area contributed by atoms with Crippen molar-refractivity contribution < 1.29 is 5.11 Å². The predicted octanol–water partition coefficient (Wildman–Crippen LogP) is 2.27. The highest BCUT2D eigenvalue weighted by Crippen LogP contribution is 2.04. The maximum atomic E-state index is 9.29. The first-order chi connectivity index (χ1) is 6.07. The number of aliphatic hydroxyl groups excluding tert-OH is 1. The quantitative estimate of drug-likeness (QED) is 0.618. The van der Waals surface area contributed by atoms with E-state index in [1.807, 2.05) is 6.92 Å². The van der Waals surface area contributed by atoms with Gasteiger partial charge in [-0.1, -0.05) is 19.8 Å². The van der Waals surface area contributed by atoms with E-state index in [-0.39, 0.29) is 6.10 Å². The zero-order chi connectivity index (χ0) is 10.3. The van der Waals surface area contributed by atoms with Gasteiger partial charge in [0.1, 0.15) is 0 Å². The van der Waals surface area contributed by atoms with Crippen LogP contribution in [0.5, 0.6) is 0 Å². The van der Waals surface area contributed by atoms with E-state index in [4.69, 9.17) is 0 Å². The lowest BCUT2D eigenvalue weighted by Gasteiger charge is -2.27. The van der Waals surface area contributed by atoms with E-state index in [0.717, 1.165) is 13.1 Å². The molecule has 0 amide bonds. The molecule has 80 valence electrons. The fourth-order valence-electron chi connectivity index (χ4n) is 1.46. The fraction of sp³-hybridized carbons (Fsp3) is 1.00. The van der Waals surface area contributed by atoms with Crippen molar-refractivity contribution in [2.75, 3.05) is 13.1 Å².